The van der Waals surface area contributed by atoms with E-state index in [1.54, 1.807) is 17.2 Å². The quantitative estimate of drug-likeness (QED) is 0.867. The number of amides is 2. The minimum atomic E-state index is -0.654. The molecule has 0 saturated carbocycles. The van der Waals surface area contributed by atoms with Gasteiger partial charge in [0.2, 0.25) is 0 Å². The number of hydrogen-bond donors (Lipinski definition) is 1. The number of hydrogen-bond acceptors (Lipinski definition) is 4. The first-order valence-electron chi connectivity index (χ1n) is 8.26. The predicted molar refractivity (Wildman–Crippen MR) is 91.8 cm³/mol. The topological polar surface area (TPSA) is 71.8 Å². The third-order valence-corrected chi connectivity index (χ3v) is 4.67. The van der Waals surface area contributed by atoms with Crippen LogP contribution in [0.4, 0.5) is 4.79 Å². The molecule has 1 N–H and O–H groups in total. The molecule has 1 aliphatic rings. The minimum absolute atomic E-state index is 0.224. The monoisotopic (exact) mass is 342 g/mol. The Hall–Kier alpha value is -2.76. The zero-order chi connectivity index (χ0) is 17.9. The normalized spacial score (nSPS) is 21.0. The molecular formula is C19H22N2O4. The summed E-state index contributed by atoms with van der Waals surface area (Å²) >= 11 is 0. The first-order valence-corrected chi connectivity index (χ1v) is 8.26. The van der Waals surface area contributed by atoms with Crippen LogP contribution in [0.2, 0.25) is 0 Å². The summed E-state index contributed by atoms with van der Waals surface area (Å²) in [4.78, 5) is 26.3. The fourth-order valence-corrected chi connectivity index (χ4v) is 3.18. The maximum atomic E-state index is 12.7. The number of furan rings is 1. The van der Waals surface area contributed by atoms with Gasteiger partial charge in [0.05, 0.1) is 18.8 Å². The molecular weight excluding hydrogens is 320 g/mol. The fourth-order valence-electron chi connectivity index (χ4n) is 3.18. The van der Waals surface area contributed by atoms with Gasteiger partial charge in [-0.15, -0.1) is 0 Å². The maximum Gasteiger partial charge on any atom is 0.318 e. The van der Waals surface area contributed by atoms with Crippen LogP contribution in [0.3, 0.4) is 0 Å². The molecule has 1 aromatic carbocycles. The molecule has 2 amide bonds. The van der Waals surface area contributed by atoms with Crippen LogP contribution in [-0.4, -0.2) is 37.1 Å². The Morgan fingerprint density at radius 3 is 2.64 bits per heavy atom. The average molecular weight is 342 g/mol. The lowest BCUT2D eigenvalue weighted by Crippen LogP contribution is -2.42. The second-order valence-electron chi connectivity index (χ2n) is 6.53. The molecule has 2 heterocycles. The van der Waals surface area contributed by atoms with E-state index in [0.29, 0.717) is 25.3 Å². The van der Waals surface area contributed by atoms with E-state index < -0.39 is 5.41 Å². The number of esters is 1. The SMILES string of the molecule is COC(=O)[C@]1(C)CCN(C(=O)N[C@@H](c2ccccc2)c2ccco2)C1. The Bertz CT molecular complexity index is 729. The summed E-state index contributed by atoms with van der Waals surface area (Å²) < 4.78 is 10.4. The van der Waals surface area contributed by atoms with Crippen molar-refractivity contribution in [2.24, 2.45) is 5.41 Å². The third kappa shape index (κ3) is 3.52. The molecule has 1 aromatic heterocycles. The summed E-state index contributed by atoms with van der Waals surface area (Å²) in [6.07, 6.45) is 2.17. The van der Waals surface area contributed by atoms with Crippen molar-refractivity contribution in [1.82, 2.24) is 10.2 Å². The first-order chi connectivity index (χ1) is 12.0. The standard InChI is InChI=1S/C19H22N2O4/c1-19(17(22)24-2)10-11-21(13-19)18(23)20-16(15-9-6-12-25-15)14-7-4-3-5-8-14/h3-9,12,16H,10-11,13H2,1-2H3,(H,20,23)/t16-,19+/m0/s1. The fraction of sp³-hybridized carbons (Fsp3) is 0.368. The number of carbonyl (C=O) groups is 2. The van der Waals surface area contributed by atoms with Crippen molar-refractivity contribution >= 4 is 12.0 Å². The van der Waals surface area contributed by atoms with Gasteiger partial charge in [-0.05, 0) is 31.0 Å². The summed E-state index contributed by atoms with van der Waals surface area (Å²) in [5.74, 6) is 0.378. The highest BCUT2D eigenvalue weighted by molar-refractivity contribution is 5.81. The highest BCUT2D eigenvalue weighted by Gasteiger charge is 2.43. The molecule has 1 fully saturated rings. The molecule has 0 bridgehead atoms. The number of nitrogens with one attached hydrogen (secondary N) is 1. The van der Waals surface area contributed by atoms with Gasteiger partial charge in [-0.25, -0.2) is 4.79 Å². The van der Waals surface area contributed by atoms with E-state index in [1.807, 2.05) is 43.3 Å². The van der Waals surface area contributed by atoms with E-state index in [1.165, 1.54) is 7.11 Å². The van der Waals surface area contributed by atoms with Gasteiger partial charge in [-0.3, -0.25) is 4.79 Å². The molecule has 1 saturated heterocycles. The molecule has 0 radical (unpaired) electrons. The number of carbonyl (C=O) groups excluding carboxylic acids is 2. The molecule has 132 valence electrons. The van der Waals surface area contributed by atoms with Gasteiger partial charge >= 0.3 is 12.0 Å². The van der Waals surface area contributed by atoms with E-state index >= 15 is 0 Å². The Labute approximate surface area is 146 Å². The van der Waals surface area contributed by atoms with Crippen LogP contribution in [0.1, 0.15) is 30.7 Å². The molecule has 25 heavy (non-hydrogen) atoms. The van der Waals surface area contributed by atoms with Crippen LogP contribution in [0, 0.1) is 5.41 Å². The van der Waals surface area contributed by atoms with Crippen LogP contribution < -0.4 is 5.32 Å². The Balaban J connectivity index is 1.75. The van der Waals surface area contributed by atoms with E-state index in [0.717, 1.165) is 5.56 Å². The van der Waals surface area contributed by atoms with Crippen molar-refractivity contribution in [3.8, 4) is 0 Å². The van der Waals surface area contributed by atoms with E-state index in [2.05, 4.69) is 5.32 Å². The summed E-state index contributed by atoms with van der Waals surface area (Å²) in [5, 5.41) is 3.01. The van der Waals surface area contributed by atoms with Gasteiger partial charge in [0.1, 0.15) is 11.8 Å². The smallest absolute Gasteiger partial charge is 0.318 e. The molecule has 1 aliphatic heterocycles. The lowest BCUT2D eigenvalue weighted by molar-refractivity contribution is -0.150. The van der Waals surface area contributed by atoms with Crippen LogP contribution in [0.5, 0.6) is 0 Å². The van der Waals surface area contributed by atoms with Gasteiger partial charge in [-0.2, -0.15) is 0 Å². The molecule has 6 heteroatoms. The van der Waals surface area contributed by atoms with E-state index in [9.17, 15) is 9.59 Å². The second-order valence-corrected chi connectivity index (χ2v) is 6.53. The van der Waals surface area contributed by atoms with Crippen molar-refractivity contribution in [3.05, 3.63) is 60.1 Å². The molecule has 2 aromatic rings. The van der Waals surface area contributed by atoms with Gasteiger partial charge in [0.15, 0.2) is 0 Å². The molecule has 0 aliphatic carbocycles. The highest BCUT2D eigenvalue weighted by atomic mass is 16.5. The van der Waals surface area contributed by atoms with Gasteiger partial charge in [0, 0.05) is 13.1 Å². The molecule has 6 nitrogen and oxygen atoms in total. The lowest BCUT2D eigenvalue weighted by atomic mass is 9.90. The highest BCUT2D eigenvalue weighted by Crippen LogP contribution is 2.32. The van der Waals surface area contributed by atoms with Crippen molar-refractivity contribution in [1.29, 1.82) is 0 Å². The number of benzene rings is 1. The molecule has 2 atom stereocenters. The number of nitrogens with zero attached hydrogens (tertiary/aromatic N) is 1. The predicted octanol–water partition coefficient (Wildman–Crippen LogP) is 2.96. The summed E-state index contributed by atoms with van der Waals surface area (Å²) in [6, 6.07) is 12.7. The Morgan fingerprint density at radius 2 is 2.00 bits per heavy atom. The molecule has 0 spiro atoms. The summed E-state index contributed by atoms with van der Waals surface area (Å²) in [6.45, 7) is 2.68. The number of urea groups is 1. The van der Waals surface area contributed by atoms with Crippen LogP contribution >= 0.6 is 0 Å². The lowest BCUT2D eigenvalue weighted by Gasteiger charge is -2.24. The van der Waals surface area contributed by atoms with Crippen LogP contribution in [-0.2, 0) is 9.53 Å². The van der Waals surface area contributed by atoms with E-state index in [-0.39, 0.29) is 18.0 Å². The van der Waals surface area contributed by atoms with Crippen LogP contribution in [0.25, 0.3) is 0 Å². The van der Waals surface area contributed by atoms with Gasteiger partial charge in [-0.1, -0.05) is 30.3 Å². The van der Waals surface area contributed by atoms with Gasteiger partial charge in [0.25, 0.3) is 0 Å². The first kappa shape index (κ1) is 17.1. The van der Waals surface area contributed by atoms with Crippen LogP contribution in [0.15, 0.2) is 53.1 Å². The van der Waals surface area contributed by atoms with Crippen molar-refractivity contribution in [2.75, 3.05) is 20.2 Å². The van der Waals surface area contributed by atoms with Crippen molar-refractivity contribution < 1.29 is 18.7 Å². The zero-order valence-corrected chi connectivity index (χ0v) is 14.4. The molecule has 3 rings (SSSR count). The Morgan fingerprint density at radius 1 is 1.24 bits per heavy atom. The molecule has 0 unspecified atom stereocenters. The van der Waals surface area contributed by atoms with Crippen molar-refractivity contribution in [3.63, 3.8) is 0 Å². The third-order valence-electron chi connectivity index (χ3n) is 4.67. The number of likely N-dealkylation sites (tertiary alicyclic amines) is 1. The number of methoxy groups -OCH3 is 1. The largest absolute Gasteiger partial charge is 0.469 e. The minimum Gasteiger partial charge on any atom is -0.469 e. The number of ether oxygens (including phenoxy) is 1. The maximum absolute atomic E-state index is 12.7. The van der Waals surface area contributed by atoms with Crippen molar-refractivity contribution in [2.45, 2.75) is 19.4 Å². The summed E-state index contributed by atoms with van der Waals surface area (Å²) in [5.41, 5.74) is 0.277. The number of rotatable bonds is 4. The second kappa shape index (κ2) is 7.01. The van der Waals surface area contributed by atoms with E-state index in [4.69, 9.17) is 9.15 Å². The average Bonchev–Trinajstić information content (AvgIpc) is 3.30. The summed E-state index contributed by atoms with van der Waals surface area (Å²) in [7, 11) is 1.37. The zero-order valence-electron chi connectivity index (χ0n) is 14.4. The van der Waals surface area contributed by atoms with Gasteiger partial charge < -0.3 is 19.4 Å². The Kier molecular flexibility index (Phi) is 4.79.